The first kappa shape index (κ1) is 14.6. The number of nitrogens with zero attached hydrogens (tertiary/aromatic N) is 1. The number of aromatic amines is 1. The number of hydrogen-bond donors (Lipinski definition) is 3. The number of carbonyl (C=O) groups is 1. The molecule has 2 rings (SSSR count). The van der Waals surface area contributed by atoms with E-state index in [2.05, 4.69) is 4.98 Å². The van der Waals surface area contributed by atoms with E-state index in [4.69, 9.17) is 10.8 Å². The number of nitrogens with one attached hydrogen (secondary N) is 1. The third-order valence-corrected chi connectivity index (χ3v) is 3.70. The zero-order valence-electron chi connectivity index (χ0n) is 11.8. The number of aliphatic hydroxyl groups excluding tert-OH is 1. The second-order valence-corrected chi connectivity index (χ2v) is 5.15. The second-order valence-electron chi connectivity index (χ2n) is 5.15. The molecule has 4 N–H and O–H groups in total. The van der Waals surface area contributed by atoms with Crippen molar-refractivity contribution in [3.05, 3.63) is 36.0 Å². The Bertz CT molecular complexity index is 594. The van der Waals surface area contributed by atoms with Crippen molar-refractivity contribution in [1.29, 1.82) is 0 Å². The van der Waals surface area contributed by atoms with Crippen LogP contribution < -0.4 is 5.73 Å². The van der Waals surface area contributed by atoms with Gasteiger partial charge in [0, 0.05) is 24.1 Å². The Labute approximate surface area is 118 Å². The van der Waals surface area contributed by atoms with Gasteiger partial charge >= 0.3 is 0 Å². The number of rotatable bonds is 5. The van der Waals surface area contributed by atoms with Gasteiger partial charge in [0.05, 0.1) is 18.7 Å². The normalized spacial score (nSPS) is 14.2. The van der Waals surface area contributed by atoms with E-state index in [1.54, 1.807) is 14.0 Å². The molecule has 0 aliphatic heterocycles. The number of nitrogens with two attached hydrogens (primary N) is 1. The number of benzene rings is 1. The third-order valence-electron chi connectivity index (χ3n) is 3.70. The Morgan fingerprint density at radius 3 is 2.85 bits per heavy atom. The van der Waals surface area contributed by atoms with Gasteiger partial charge in [-0.15, -0.1) is 0 Å². The minimum absolute atomic E-state index is 0.0674. The van der Waals surface area contributed by atoms with E-state index in [1.807, 2.05) is 30.5 Å². The summed E-state index contributed by atoms with van der Waals surface area (Å²) in [5.41, 5.74) is 8.08. The zero-order valence-corrected chi connectivity index (χ0v) is 11.8. The zero-order chi connectivity index (χ0) is 14.7. The summed E-state index contributed by atoms with van der Waals surface area (Å²) >= 11 is 0. The number of aromatic nitrogens is 1. The van der Waals surface area contributed by atoms with Crippen LogP contribution in [0.25, 0.3) is 10.9 Å². The molecule has 1 aromatic heterocycles. The van der Waals surface area contributed by atoms with E-state index in [1.165, 1.54) is 4.90 Å². The number of H-pyrrole nitrogens is 1. The standard InChI is InChI=1S/C15H21N3O2/c1-10(9-19)18(2)15(20)13(16)7-11-8-17-14-6-4-3-5-12(11)14/h3-6,8,10,13,17,19H,7,9,16H2,1-2H3/t10?,13-/m1/s1. The van der Waals surface area contributed by atoms with Crippen LogP contribution in [0.5, 0.6) is 0 Å². The Morgan fingerprint density at radius 1 is 1.45 bits per heavy atom. The topological polar surface area (TPSA) is 82.3 Å². The van der Waals surface area contributed by atoms with E-state index >= 15 is 0 Å². The first-order valence-corrected chi connectivity index (χ1v) is 6.72. The van der Waals surface area contributed by atoms with Crippen LogP contribution in [-0.4, -0.2) is 46.6 Å². The van der Waals surface area contributed by atoms with Gasteiger partial charge in [-0.3, -0.25) is 4.79 Å². The van der Waals surface area contributed by atoms with Crippen molar-refractivity contribution in [2.75, 3.05) is 13.7 Å². The molecular weight excluding hydrogens is 254 g/mol. The first-order chi connectivity index (χ1) is 9.54. The van der Waals surface area contributed by atoms with Crippen molar-refractivity contribution >= 4 is 16.8 Å². The van der Waals surface area contributed by atoms with Gasteiger partial charge in [-0.05, 0) is 25.0 Å². The summed E-state index contributed by atoms with van der Waals surface area (Å²) in [5, 5.41) is 10.2. The first-order valence-electron chi connectivity index (χ1n) is 6.72. The number of carbonyl (C=O) groups excluding carboxylic acids is 1. The number of amides is 1. The Balaban J connectivity index is 2.11. The Kier molecular flexibility index (Phi) is 4.42. The van der Waals surface area contributed by atoms with Crippen LogP contribution >= 0.6 is 0 Å². The second kappa shape index (κ2) is 6.07. The lowest BCUT2D eigenvalue weighted by Gasteiger charge is -2.26. The molecule has 1 amide bonds. The fraction of sp³-hybridized carbons (Fsp3) is 0.400. The molecule has 0 saturated heterocycles. The maximum Gasteiger partial charge on any atom is 0.239 e. The summed E-state index contributed by atoms with van der Waals surface area (Å²) in [5.74, 6) is -0.156. The van der Waals surface area contributed by atoms with E-state index < -0.39 is 6.04 Å². The smallest absolute Gasteiger partial charge is 0.239 e. The fourth-order valence-corrected chi connectivity index (χ4v) is 2.23. The molecule has 108 valence electrons. The molecule has 0 aliphatic rings. The molecule has 5 heteroatoms. The third kappa shape index (κ3) is 2.84. The van der Waals surface area contributed by atoms with Gasteiger partial charge in [0.15, 0.2) is 0 Å². The highest BCUT2D eigenvalue weighted by atomic mass is 16.3. The molecule has 1 aromatic carbocycles. The molecule has 2 aromatic rings. The quantitative estimate of drug-likeness (QED) is 0.757. The van der Waals surface area contributed by atoms with Crippen molar-refractivity contribution in [2.24, 2.45) is 5.73 Å². The van der Waals surface area contributed by atoms with Gasteiger partial charge in [-0.1, -0.05) is 18.2 Å². The summed E-state index contributed by atoms with van der Waals surface area (Å²) in [6, 6.07) is 7.10. The van der Waals surface area contributed by atoms with Crippen molar-refractivity contribution in [3.63, 3.8) is 0 Å². The van der Waals surface area contributed by atoms with Crippen molar-refractivity contribution in [1.82, 2.24) is 9.88 Å². The van der Waals surface area contributed by atoms with Crippen LogP contribution in [0, 0.1) is 0 Å². The van der Waals surface area contributed by atoms with Gasteiger partial charge in [0.1, 0.15) is 0 Å². The SMILES string of the molecule is CC(CO)N(C)C(=O)[C@H](N)Cc1c[nH]c2ccccc12. The molecular formula is C15H21N3O2. The minimum atomic E-state index is -0.604. The van der Waals surface area contributed by atoms with Crippen LogP contribution in [-0.2, 0) is 11.2 Å². The average molecular weight is 275 g/mol. The molecule has 0 saturated carbocycles. The van der Waals surface area contributed by atoms with Gasteiger partial charge in [0.2, 0.25) is 5.91 Å². The number of fused-ring (bicyclic) bond motifs is 1. The van der Waals surface area contributed by atoms with Gasteiger partial charge < -0.3 is 20.7 Å². The van der Waals surface area contributed by atoms with Crippen molar-refractivity contribution in [3.8, 4) is 0 Å². The van der Waals surface area contributed by atoms with E-state index in [0.29, 0.717) is 6.42 Å². The molecule has 20 heavy (non-hydrogen) atoms. The highest BCUT2D eigenvalue weighted by Gasteiger charge is 2.22. The lowest BCUT2D eigenvalue weighted by molar-refractivity contribution is -0.133. The predicted molar refractivity (Wildman–Crippen MR) is 79.3 cm³/mol. The fourth-order valence-electron chi connectivity index (χ4n) is 2.23. The Morgan fingerprint density at radius 2 is 2.15 bits per heavy atom. The molecule has 0 radical (unpaired) electrons. The maximum absolute atomic E-state index is 12.2. The largest absolute Gasteiger partial charge is 0.394 e. The van der Waals surface area contributed by atoms with Crippen LogP contribution in [0.3, 0.4) is 0 Å². The van der Waals surface area contributed by atoms with E-state index in [-0.39, 0.29) is 18.6 Å². The van der Waals surface area contributed by atoms with Crippen LogP contribution in [0.2, 0.25) is 0 Å². The van der Waals surface area contributed by atoms with Gasteiger partial charge in [0.25, 0.3) is 0 Å². The monoisotopic (exact) mass is 275 g/mol. The number of para-hydroxylation sites is 1. The number of hydrogen-bond acceptors (Lipinski definition) is 3. The summed E-state index contributed by atoms with van der Waals surface area (Å²) < 4.78 is 0. The number of likely N-dealkylation sites (N-methyl/N-ethyl adjacent to an activating group) is 1. The Hall–Kier alpha value is -1.85. The summed E-state index contributed by atoms with van der Waals surface area (Å²) in [4.78, 5) is 16.9. The number of aliphatic hydroxyl groups is 1. The predicted octanol–water partition coefficient (Wildman–Crippen LogP) is 0.877. The van der Waals surface area contributed by atoms with Crippen LogP contribution in [0.1, 0.15) is 12.5 Å². The lowest BCUT2D eigenvalue weighted by Crippen LogP contribution is -2.47. The molecule has 0 bridgehead atoms. The van der Waals surface area contributed by atoms with E-state index in [0.717, 1.165) is 16.5 Å². The molecule has 1 unspecified atom stereocenters. The molecule has 5 nitrogen and oxygen atoms in total. The minimum Gasteiger partial charge on any atom is -0.394 e. The highest BCUT2D eigenvalue weighted by Crippen LogP contribution is 2.19. The van der Waals surface area contributed by atoms with Crippen molar-refractivity contribution in [2.45, 2.75) is 25.4 Å². The maximum atomic E-state index is 12.2. The molecule has 1 heterocycles. The van der Waals surface area contributed by atoms with Gasteiger partial charge in [-0.25, -0.2) is 0 Å². The lowest BCUT2D eigenvalue weighted by atomic mass is 10.0. The van der Waals surface area contributed by atoms with Crippen LogP contribution in [0.15, 0.2) is 30.5 Å². The molecule has 0 aliphatic carbocycles. The summed E-state index contributed by atoms with van der Waals surface area (Å²) in [6.07, 6.45) is 2.37. The molecule has 0 spiro atoms. The van der Waals surface area contributed by atoms with Gasteiger partial charge in [-0.2, -0.15) is 0 Å². The average Bonchev–Trinajstić information content (AvgIpc) is 2.88. The summed E-state index contributed by atoms with van der Waals surface area (Å²) in [6.45, 7) is 1.72. The summed E-state index contributed by atoms with van der Waals surface area (Å²) in [7, 11) is 1.66. The highest BCUT2D eigenvalue weighted by molar-refractivity contribution is 5.86. The van der Waals surface area contributed by atoms with E-state index in [9.17, 15) is 4.79 Å². The molecule has 0 fully saturated rings. The molecule has 2 atom stereocenters. The van der Waals surface area contributed by atoms with Crippen molar-refractivity contribution < 1.29 is 9.90 Å². The van der Waals surface area contributed by atoms with Crippen LogP contribution in [0.4, 0.5) is 0 Å².